The minimum Gasteiger partial charge on any atom is -0.396 e. The Balaban J connectivity index is 2.50. The molecule has 0 aliphatic rings. The lowest BCUT2D eigenvalue weighted by Gasteiger charge is -2.09. The average molecular weight is 140 g/mol. The summed E-state index contributed by atoms with van der Waals surface area (Å²) in [7, 11) is 0. The number of hydrogen-bond donors (Lipinski definition) is 1. The van der Waals surface area contributed by atoms with Gasteiger partial charge in [0.05, 0.1) is 6.33 Å². The molecule has 0 aliphatic heterocycles. The van der Waals surface area contributed by atoms with Crippen LogP contribution >= 0.6 is 0 Å². The number of rotatable bonds is 3. The molecule has 0 spiro atoms. The monoisotopic (exact) mass is 140 g/mol. The first-order valence-electron chi connectivity index (χ1n) is 3.43. The van der Waals surface area contributed by atoms with Crippen LogP contribution in [0.2, 0.25) is 0 Å². The maximum absolute atomic E-state index is 8.60. The smallest absolute Gasteiger partial charge is 0.0948 e. The molecule has 1 heterocycles. The Morgan fingerprint density at radius 2 is 2.50 bits per heavy atom. The normalized spacial score (nSPS) is 13.4. The van der Waals surface area contributed by atoms with Gasteiger partial charge in [0.15, 0.2) is 0 Å². The molecule has 3 nitrogen and oxygen atoms in total. The van der Waals surface area contributed by atoms with Gasteiger partial charge in [0.25, 0.3) is 0 Å². The Kier molecular flexibility index (Phi) is 2.45. The summed E-state index contributed by atoms with van der Waals surface area (Å²) < 4.78 is 1.98. The summed E-state index contributed by atoms with van der Waals surface area (Å²) in [6.07, 6.45) is 6.20. The summed E-state index contributed by atoms with van der Waals surface area (Å²) in [5.74, 6) is 0. The van der Waals surface area contributed by atoms with Crippen LogP contribution < -0.4 is 0 Å². The largest absolute Gasteiger partial charge is 0.396 e. The zero-order valence-corrected chi connectivity index (χ0v) is 6.07. The molecular formula is C7H12N2O. The molecule has 10 heavy (non-hydrogen) atoms. The Bertz CT molecular complexity index is 172. The summed E-state index contributed by atoms with van der Waals surface area (Å²) >= 11 is 0. The van der Waals surface area contributed by atoms with Crippen LogP contribution in [0, 0.1) is 0 Å². The van der Waals surface area contributed by atoms with Crippen molar-refractivity contribution in [1.82, 2.24) is 9.55 Å². The highest BCUT2D eigenvalue weighted by Gasteiger charge is 2.00. The van der Waals surface area contributed by atoms with Gasteiger partial charge in [-0.3, -0.25) is 0 Å². The van der Waals surface area contributed by atoms with Crippen molar-refractivity contribution in [2.45, 2.75) is 19.4 Å². The van der Waals surface area contributed by atoms with Crippen molar-refractivity contribution in [1.29, 1.82) is 0 Å². The van der Waals surface area contributed by atoms with E-state index in [1.807, 2.05) is 10.8 Å². The van der Waals surface area contributed by atoms with Gasteiger partial charge >= 0.3 is 0 Å². The van der Waals surface area contributed by atoms with Crippen LogP contribution in [-0.4, -0.2) is 21.3 Å². The minimum absolute atomic E-state index is 0.235. The molecule has 0 bridgehead atoms. The van der Waals surface area contributed by atoms with E-state index in [4.69, 9.17) is 5.11 Å². The minimum atomic E-state index is 0.235. The standard InChI is InChI=1S/C7H12N2O/c1-7(2-5-10)9-4-3-8-6-9/h3-4,6-7,10H,2,5H2,1H3. The molecule has 1 rings (SSSR count). The second-order valence-corrected chi connectivity index (χ2v) is 2.37. The van der Waals surface area contributed by atoms with E-state index < -0.39 is 0 Å². The molecule has 0 amide bonds. The third-order valence-electron chi connectivity index (χ3n) is 1.58. The van der Waals surface area contributed by atoms with Crippen molar-refractivity contribution >= 4 is 0 Å². The molecular weight excluding hydrogens is 128 g/mol. The van der Waals surface area contributed by atoms with Gasteiger partial charge in [-0.1, -0.05) is 0 Å². The predicted octanol–water partition coefficient (Wildman–Crippen LogP) is 0.827. The van der Waals surface area contributed by atoms with Gasteiger partial charge in [-0.25, -0.2) is 4.98 Å². The first-order chi connectivity index (χ1) is 4.84. The molecule has 1 N–H and O–H groups in total. The quantitative estimate of drug-likeness (QED) is 0.675. The summed E-state index contributed by atoms with van der Waals surface area (Å²) in [5, 5.41) is 8.60. The fraction of sp³-hybridized carbons (Fsp3) is 0.571. The Morgan fingerprint density at radius 1 is 1.70 bits per heavy atom. The fourth-order valence-corrected chi connectivity index (χ4v) is 0.866. The van der Waals surface area contributed by atoms with Crippen LogP contribution in [0.25, 0.3) is 0 Å². The van der Waals surface area contributed by atoms with Crippen LogP contribution in [-0.2, 0) is 0 Å². The highest BCUT2D eigenvalue weighted by molar-refractivity contribution is 4.78. The van der Waals surface area contributed by atoms with Gasteiger partial charge in [-0.05, 0) is 13.3 Å². The van der Waals surface area contributed by atoms with E-state index in [0.717, 1.165) is 6.42 Å². The second-order valence-electron chi connectivity index (χ2n) is 2.37. The van der Waals surface area contributed by atoms with Crippen LogP contribution in [0.5, 0.6) is 0 Å². The summed E-state index contributed by atoms with van der Waals surface area (Å²) in [4.78, 5) is 3.91. The van der Waals surface area contributed by atoms with Crippen LogP contribution in [0.1, 0.15) is 19.4 Å². The predicted molar refractivity (Wildman–Crippen MR) is 38.6 cm³/mol. The zero-order chi connectivity index (χ0) is 7.40. The van der Waals surface area contributed by atoms with Crippen LogP contribution in [0.15, 0.2) is 18.7 Å². The van der Waals surface area contributed by atoms with Crippen molar-refractivity contribution in [3.8, 4) is 0 Å². The highest BCUT2D eigenvalue weighted by Crippen LogP contribution is 2.07. The number of nitrogens with zero attached hydrogens (tertiary/aromatic N) is 2. The number of hydrogen-bond acceptors (Lipinski definition) is 2. The fourth-order valence-electron chi connectivity index (χ4n) is 0.866. The first kappa shape index (κ1) is 7.28. The third kappa shape index (κ3) is 1.57. The van der Waals surface area contributed by atoms with Gasteiger partial charge < -0.3 is 9.67 Å². The van der Waals surface area contributed by atoms with Crippen LogP contribution in [0.4, 0.5) is 0 Å². The van der Waals surface area contributed by atoms with Crippen molar-refractivity contribution in [3.05, 3.63) is 18.7 Å². The van der Waals surface area contributed by atoms with E-state index in [0.29, 0.717) is 6.04 Å². The summed E-state index contributed by atoms with van der Waals surface area (Å²) in [5.41, 5.74) is 0. The van der Waals surface area contributed by atoms with Crippen molar-refractivity contribution in [3.63, 3.8) is 0 Å². The van der Waals surface area contributed by atoms with E-state index in [-0.39, 0.29) is 6.61 Å². The number of aliphatic hydroxyl groups is 1. The second kappa shape index (κ2) is 3.37. The van der Waals surface area contributed by atoms with E-state index in [2.05, 4.69) is 11.9 Å². The molecule has 0 fully saturated rings. The topological polar surface area (TPSA) is 38.0 Å². The lowest BCUT2D eigenvalue weighted by molar-refractivity contribution is 0.263. The summed E-state index contributed by atoms with van der Waals surface area (Å²) in [6, 6.07) is 0.354. The Labute approximate surface area is 60.3 Å². The van der Waals surface area contributed by atoms with Gasteiger partial charge in [-0.2, -0.15) is 0 Å². The number of imidazole rings is 1. The molecule has 1 unspecified atom stereocenters. The lowest BCUT2D eigenvalue weighted by Crippen LogP contribution is -2.03. The van der Waals surface area contributed by atoms with E-state index in [1.165, 1.54) is 0 Å². The van der Waals surface area contributed by atoms with Crippen molar-refractivity contribution in [2.24, 2.45) is 0 Å². The molecule has 0 aromatic carbocycles. The molecule has 1 aromatic heterocycles. The Morgan fingerprint density at radius 3 is 3.00 bits per heavy atom. The molecule has 0 saturated carbocycles. The number of aliphatic hydroxyl groups excluding tert-OH is 1. The first-order valence-corrected chi connectivity index (χ1v) is 3.43. The molecule has 56 valence electrons. The SMILES string of the molecule is CC(CCO)n1ccnc1. The van der Waals surface area contributed by atoms with E-state index >= 15 is 0 Å². The van der Waals surface area contributed by atoms with Crippen molar-refractivity contribution < 1.29 is 5.11 Å². The third-order valence-corrected chi connectivity index (χ3v) is 1.58. The lowest BCUT2D eigenvalue weighted by atomic mass is 10.2. The zero-order valence-electron chi connectivity index (χ0n) is 6.07. The molecule has 0 radical (unpaired) electrons. The van der Waals surface area contributed by atoms with Crippen LogP contribution in [0.3, 0.4) is 0 Å². The molecule has 0 saturated heterocycles. The average Bonchev–Trinajstić information content (AvgIpc) is 2.38. The number of aromatic nitrogens is 2. The molecule has 1 aromatic rings. The van der Waals surface area contributed by atoms with E-state index in [9.17, 15) is 0 Å². The van der Waals surface area contributed by atoms with Crippen molar-refractivity contribution in [2.75, 3.05) is 6.61 Å². The van der Waals surface area contributed by atoms with Gasteiger partial charge in [0.1, 0.15) is 0 Å². The molecule has 0 aliphatic carbocycles. The highest BCUT2D eigenvalue weighted by atomic mass is 16.3. The maximum Gasteiger partial charge on any atom is 0.0948 e. The van der Waals surface area contributed by atoms with E-state index in [1.54, 1.807) is 12.5 Å². The van der Waals surface area contributed by atoms with Gasteiger partial charge in [-0.15, -0.1) is 0 Å². The van der Waals surface area contributed by atoms with Gasteiger partial charge in [0.2, 0.25) is 0 Å². The Hall–Kier alpha value is -0.830. The molecule has 3 heteroatoms. The maximum atomic E-state index is 8.60. The van der Waals surface area contributed by atoms with Gasteiger partial charge in [0, 0.05) is 25.0 Å². The molecule has 1 atom stereocenters. The summed E-state index contributed by atoms with van der Waals surface area (Å²) in [6.45, 7) is 2.29.